The summed E-state index contributed by atoms with van der Waals surface area (Å²) in [5.41, 5.74) is 2.17. The van der Waals surface area contributed by atoms with Crippen molar-refractivity contribution in [2.45, 2.75) is 37.6 Å². The van der Waals surface area contributed by atoms with Crippen molar-refractivity contribution in [2.75, 3.05) is 38.2 Å². The Morgan fingerprint density at radius 1 is 0.971 bits per heavy atom. The Morgan fingerprint density at radius 2 is 1.62 bits per heavy atom. The van der Waals surface area contributed by atoms with Crippen LogP contribution in [-0.4, -0.2) is 66.8 Å². The van der Waals surface area contributed by atoms with Crippen molar-refractivity contribution in [2.24, 2.45) is 5.92 Å². The average molecular weight is 485 g/mol. The molecule has 1 aliphatic heterocycles. The fraction of sp³-hybridized carbons (Fsp3) is 0.458. The number of aromatic nitrogens is 4. The van der Waals surface area contributed by atoms with Crippen LogP contribution in [0.5, 0.6) is 5.75 Å². The highest BCUT2D eigenvalue weighted by Gasteiger charge is 2.32. The molecule has 9 nitrogen and oxygen atoms in total. The van der Waals surface area contributed by atoms with E-state index < -0.39 is 9.84 Å². The van der Waals surface area contributed by atoms with E-state index in [0.29, 0.717) is 5.82 Å². The number of hydrogen-bond acceptors (Lipinski definition) is 8. The molecule has 0 radical (unpaired) electrons. The fourth-order valence-corrected chi connectivity index (χ4v) is 5.64. The van der Waals surface area contributed by atoms with Crippen LogP contribution in [0.2, 0.25) is 0 Å². The summed E-state index contributed by atoms with van der Waals surface area (Å²) in [5, 5.41) is 12.2. The molecule has 182 valence electrons. The molecule has 4 rings (SSSR count). The van der Waals surface area contributed by atoms with Crippen molar-refractivity contribution in [3.8, 4) is 5.75 Å². The van der Waals surface area contributed by atoms with Gasteiger partial charge < -0.3 is 9.64 Å². The van der Waals surface area contributed by atoms with Crippen molar-refractivity contribution < 1.29 is 13.2 Å². The van der Waals surface area contributed by atoms with Crippen molar-refractivity contribution in [1.29, 1.82) is 0 Å². The van der Waals surface area contributed by atoms with Gasteiger partial charge >= 0.3 is 0 Å². The number of tetrazole rings is 1. The molecule has 0 saturated carbocycles. The second-order valence-corrected chi connectivity index (χ2v) is 11.0. The third kappa shape index (κ3) is 5.23. The fourth-order valence-electron chi connectivity index (χ4n) is 4.43. The minimum absolute atomic E-state index is 0.0822. The predicted molar refractivity (Wildman–Crippen MR) is 131 cm³/mol. The third-order valence-corrected chi connectivity index (χ3v) is 7.85. The minimum Gasteiger partial charge on any atom is -0.497 e. The highest BCUT2D eigenvalue weighted by Crippen LogP contribution is 2.30. The first-order valence-corrected chi connectivity index (χ1v) is 13.1. The molecule has 0 amide bonds. The maximum Gasteiger partial charge on any atom is 0.198 e. The van der Waals surface area contributed by atoms with E-state index in [-0.39, 0.29) is 22.7 Å². The second-order valence-electron chi connectivity index (χ2n) is 9.00. The number of ether oxygens (including phenoxy) is 1. The van der Waals surface area contributed by atoms with Gasteiger partial charge in [0.05, 0.1) is 18.0 Å². The summed E-state index contributed by atoms with van der Waals surface area (Å²) in [6, 6.07) is 14.9. The third-order valence-electron chi connectivity index (χ3n) is 6.27. The van der Waals surface area contributed by atoms with Gasteiger partial charge in [0, 0.05) is 31.9 Å². The Labute approximate surface area is 201 Å². The zero-order valence-corrected chi connectivity index (χ0v) is 20.9. The SMILES string of the molecule is COc1ccc(N2CCN([C@H](c3nnnn3CS(=O)(=O)c3ccc(C)cc3)C(C)C)CC2)cc1. The molecule has 34 heavy (non-hydrogen) atoms. The number of rotatable bonds is 8. The standard InChI is InChI=1S/C24H32N6O3S/c1-18(2)23(29-15-13-28(14-16-29)20-7-9-21(33-4)10-8-20)24-25-26-27-30(24)17-34(31,32)22-11-5-19(3)6-12-22/h5-12,18,23H,13-17H2,1-4H3/t23-/m0/s1. The number of anilines is 1. The lowest BCUT2D eigenvalue weighted by Gasteiger charge is -2.41. The number of aryl methyl sites for hydroxylation is 1. The van der Waals surface area contributed by atoms with Crippen LogP contribution in [0.25, 0.3) is 0 Å². The summed E-state index contributed by atoms with van der Waals surface area (Å²) >= 11 is 0. The molecule has 10 heteroatoms. The van der Waals surface area contributed by atoms with Crippen LogP contribution in [-0.2, 0) is 15.7 Å². The Morgan fingerprint density at radius 3 is 2.21 bits per heavy atom. The summed E-state index contributed by atoms with van der Waals surface area (Å²) in [6.07, 6.45) is 0. The molecule has 1 aromatic heterocycles. The second kappa shape index (κ2) is 10.1. The molecule has 1 aliphatic rings. The number of nitrogens with zero attached hydrogens (tertiary/aromatic N) is 6. The quantitative estimate of drug-likeness (QED) is 0.482. The first-order valence-electron chi connectivity index (χ1n) is 11.5. The van der Waals surface area contributed by atoms with Crippen LogP contribution in [0, 0.1) is 12.8 Å². The highest BCUT2D eigenvalue weighted by atomic mass is 32.2. The number of piperazine rings is 1. The maximum absolute atomic E-state index is 13.0. The van der Waals surface area contributed by atoms with E-state index in [0.717, 1.165) is 43.2 Å². The Hall–Kier alpha value is -2.98. The van der Waals surface area contributed by atoms with E-state index in [1.165, 1.54) is 4.68 Å². The minimum atomic E-state index is -3.58. The van der Waals surface area contributed by atoms with E-state index in [1.807, 2.05) is 19.1 Å². The van der Waals surface area contributed by atoms with Gasteiger partial charge in [-0.15, -0.1) is 5.10 Å². The Balaban J connectivity index is 1.49. The van der Waals surface area contributed by atoms with E-state index in [9.17, 15) is 8.42 Å². The molecule has 2 aromatic carbocycles. The summed E-state index contributed by atoms with van der Waals surface area (Å²) in [6.45, 7) is 9.54. The number of sulfone groups is 1. The van der Waals surface area contributed by atoms with Crippen molar-refractivity contribution in [3.05, 3.63) is 59.9 Å². The predicted octanol–water partition coefficient (Wildman–Crippen LogP) is 2.94. The molecule has 1 saturated heterocycles. The lowest BCUT2D eigenvalue weighted by molar-refractivity contribution is 0.135. The van der Waals surface area contributed by atoms with Crippen LogP contribution in [0.1, 0.15) is 31.3 Å². The first-order chi connectivity index (χ1) is 16.3. The topological polar surface area (TPSA) is 93.4 Å². The highest BCUT2D eigenvalue weighted by molar-refractivity contribution is 7.90. The van der Waals surface area contributed by atoms with Crippen LogP contribution in [0.4, 0.5) is 5.69 Å². The van der Waals surface area contributed by atoms with Gasteiger partial charge in [-0.05, 0) is 59.7 Å². The summed E-state index contributed by atoms with van der Waals surface area (Å²) in [4.78, 5) is 4.97. The van der Waals surface area contributed by atoms with E-state index in [1.54, 1.807) is 31.4 Å². The summed E-state index contributed by atoms with van der Waals surface area (Å²) in [5.74, 6) is 1.35. The van der Waals surface area contributed by atoms with Crippen molar-refractivity contribution in [3.63, 3.8) is 0 Å². The molecule has 1 atom stereocenters. The van der Waals surface area contributed by atoms with Gasteiger partial charge in [-0.3, -0.25) is 4.90 Å². The van der Waals surface area contributed by atoms with Crippen LogP contribution < -0.4 is 9.64 Å². The van der Waals surface area contributed by atoms with Gasteiger partial charge in [0.1, 0.15) is 5.75 Å². The maximum atomic E-state index is 13.0. The number of benzene rings is 2. The first kappa shape index (κ1) is 24.2. The molecule has 1 fully saturated rings. The largest absolute Gasteiger partial charge is 0.497 e. The summed E-state index contributed by atoms with van der Waals surface area (Å²) in [7, 11) is -1.91. The molecule has 0 spiro atoms. The average Bonchev–Trinajstić information content (AvgIpc) is 3.26. The molecule has 0 N–H and O–H groups in total. The summed E-state index contributed by atoms with van der Waals surface area (Å²) < 4.78 is 32.8. The molecule has 0 unspecified atom stereocenters. The van der Waals surface area contributed by atoms with Crippen LogP contribution >= 0.6 is 0 Å². The van der Waals surface area contributed by atoms with Gasteiger partial charge in [-0.2, -0.15) is 0 Å². The monoisotopic (exact) mass is 484 g/mol. The van der Waals surface area contributed by atoms with E-state index in [4.69, 9.17) is 4.74 Å². The molecular weight excluding hydrogens is 452 g/mol. The molecule has 0 aliphatic carbocycles. The molecular formula is C24H32N6O3S. The van der Waals surface area contributed by atoms with Crippen LogP contribution in [0.3, 0.4) is 0 Å². The number of methoxy groups -OCH3 is 1. The van der Waals surface area contributed by atoms with Crippen LogP contribution in [0.15, 0.2) is 53.4 Å². The number of hydrogen-bond donors (Lipinski definition) is 0. The van der Waals surface area contributed by atoms with Gasteiger partial charge in [0.15, 0.2) is 21.5 Å². The Kier molecular flexibility index (Phi) is 7.18. The molecule has 3 aromatic rings. The zero-order chi connectivity index (χ0) is 24.3. The van der Waals surface area contributed by atoms with Gasteiger partial charge in [-0.25, -0.2) is 13.1 Å². The van der Waals surface area contributed by atoms with Gasteiger partial charge in [0.25, 0.3) is 0 Å². The smallest absolute Gasteiger partial charge is 0.198 e. The van der Waals surface area contributed by atoms with E-state index in [2.05, 4.69) is 51.3 Å². The Bertz CT molecular complexity index is 1180. The van der Waals surface area contributed by atoms with Crippen molar-refractivity contribution >= 4 is 15.5 Å². The van der Waals surface area contributed by atoms with E-state index >= 15 is 0 Å². The van der Waals surface area contributed by atoms with Gasteiger partial charge in [-0.1, -0.05) is 31.5 Å². The van der Waals surface area contributed by atoms with Crippen molar-refractivity contribution in [1.82, 2.24) is 25.1 Å². The normalized spacial score (nSPS) is 16.1. The molecule has 2 heterocycles. The molecule has 0 bridgehead atoms. The lowest BCUT2D eigenvalue weighted by Crippen LogP contribution is -2.49. The zero-order valence-electron chi connectivity index (χ0n) is 20.1. The lowest BCUT2D eigenvalue weighted by atomic mass is 10.0. The van der Waals surface area contributed by atoms with Gasteiger partial charge in [0.2, 0.25) is 0 Å².